The van der Waals surface area contributed by atoms with Gasteiger partial charge < -0.3 is 13.9 Å². The molecule has 170 valence electrons. The van der Waals surface area contributed by atoms with Crippen LogP contribution in [0.25, 0.3) is 11.1 Å². The van der Waals surface area contributed by atoms with Gasteiger partial charge in [0.15, 0.2) is 0 Å². The number of fused-ring (bicyclic) bond motifs is 1. The number of unbranched alkanes of at least 4 members (excludes halogenated alkanes) is 3. The molecule has 1 N–H and O–H groups in total. The van der Waals surface area contributed by atoms with Crippen molar-refractivity contribution in [2.24, 2.45) is 5.92 Å². The largest absolute Gasteiger partial charge is 0.461 e. The van der Waals surface area contributed by atoms with Gasteiger partial charge in [0.1, 0.15) is 11.5 Å². The molecule has 0 spiro atoms. The Hall–Kier alpha value is -2.93. The van der Waals surface area contributed by atoms with E-state index in [4.69, 9.17) is 13.9 Å². The molecule has 7 heteroatoms. The van der Waals surface area contributed by atoms with Gasteiger partial charge in [-0.2, -0.15) is 4.98 Å². The highest BCUT2D eigenvalue weighted by Gasteiger charge is 2.31. The predicted octanol–water partition coefficient (Wildman–Crippen LogP) is 4.37. The van der Waals surface area contributed by atoms with Gasteiger partial charge in [0.05, 0.1) is 13.2 Å². The Morgan fingerprint density at radius 1 is 1.12 bits per heavy atom. The van der Waals surface area contributed by atoms with Gasteiger partial charge in [-0.15, -0.1) is 0 Å². The molecule has 0 amide bonds. The topological polar surface area (TPSA) is 94.4 Å². The van der Waals surface area contributed by atoms with Gasteiger partial charge in [-0.1, -0.05) is 56.5 Å². The second kappa shape index (κ2) is 10.6. The molecule has 0 saturated heterocycles. The Bertz CT molecular complexity index is 1130. The first kappa shape index (κ1) is 22.3. The third kappa shape index (κ3) is 5.65. The Morgan fingerprint density at radius 3 is 2.72 bits per heavy atom. The van der Waals surface area contributed by atoms with Gasteiger partial charge >= 0.3 is 5.63 Å². The zero-order valence-corrected chi connectivity index (χ0v) is 18.5. The van der Waals surface area contributed by atoms with E-state index in [1.165, 1.54) is 6.07 Å². The molecule has 7 nitrogen and oxygen atoms in total. The minimum Gasteiger partial charge on any atom is -0.461 e. The summed E-state index contributed by atoms with van der Waals surface area (Å²) < 4.78 is 16.9. The van der Waals surface area contributed by atoms with Crippen LogP contribution in [-0.4, -0.2) is 22.7 Å². The monoisotopic (exact) mass is 438 g/mol. The highest BCUT2D eigenvalue weighted by Crippen LogP contribution is 2.31. The number of benzene rings is 1. The zero-order valence-electron chi connectivity index (χ0n) is 18.5. The van der Waals surface area contributed by atoms with Crippen LogP contribution in [0, 0.1) is 5.92 Å². The van der Waals surface area contributed by atoms with Crippen molar-refractivity contribution in [1.29, 1.82) is 0 Å². The lowest BCUT2D eigenvalue weighted by molar-refractivity contribution is -0.00616. The highest BCUT2D eigenvalue weighted by atomic mass is 16.5. The van der Waals surface area contributed by atoms with Gasteiger partial charge in [-0.05, 0) is 42.7 Å². The summed E-state index contributed by atoms with van der Waals surface area (Å²) in [5.41, 5.74) is 1.06. The van der Waals surface area contributed by atoms with E-state index in [-0.39, 0.29) is 23.4 Å². The number of aromatic nitrogens is 2. The van der Waals surface area contributed by atoms with Crippen molar-refractivity contribution in [3.8, 4) is 6.01 Å². The van der Waals surface area contributed by atoms with Crippen molar-refractivity contribution in [3.05, 3.63) is 68.3 Å². The van der Waals surface area contributed by atoms with E-state index in [9.17, 15) is 9.59 Å². The first-order chi connectivity index (χ1) is 15.6. The van der Waals surface area contributed by atoms with Crippen LogP contribution < -0.4 is 15.9 Å². The van der Waals surface area contributed by atoms with Gasteiger partial charge in [0, 0.05) is 6.07 Å². The van der Waals surface area contributed by atoms with Gasteiger partial charge in [-0.25, -0.2) is 4.79 Å². The van der Waals surface area contributed by atoms with E-state index in [0.717, 1.165) is 44.1 Å². The Morgan fingerprint density at radius 2 is 1.94 bits per heavy atom. The van der Waals surface area contributed by atoms with E-state index in [1.54, 1.807) is 0 Å². The predicted molar refractivity (Wildman–Crippen MR) is 122 cm³/mol. The number of aryl methyl sites for hydroxylation is 1. The number of hydrogen-bond acceptors (Lipinski definition) is 6. The fraction of sp³-hybridized carbons (Fsp3) is 0.480. The molecule has 1 saturated carbocycles. The molecule has 1 fully saturated rings. The lowest BCUT2D eigenvalue weighted by atomic mass is 9.83. The summed E-state index contributed by atoms with van der Waals surface area (Å²) in [5.74, 6) is 0.420. The van der Waals surface area contributed by atoms with Gasteiger partial charge in [0.25, 0.3) is 11.6 Å². The maximum absolute atomic E-state index is 12.7. The van der Waals surface area contributed by atoms with Gasteiger partial charge in [0.2, 0.25) is 5.71 Å². The van der Waals surface area contributed by atoms with E-state index in [2.05, 4.69) is 16.9 Å². The molecule has 1 aliphatic carbocycles. The van der Waals surface area contributed by atoms with Crippen LogP contribution in [0.4, 0.5) is 0 Å². The minimum absolute atomic E-state index is 0.0372. The van der Waals surface area contributed by atoms with Crippen molar-refractivity contribution in [3.63, 3.8) is 0 Å². The summed E-state index contributed by atoms with van der Waals surface area (Å²) in [4.78, 5) is 31.7. The fourth-order valence-electron chi connectivity index (χ4n) is 4.11. The van der Waals surface area contributed by atoms with Crippen molar-refractivity contribution < 1.29 is 13.9 Å². The number of rotatable bonds is 11. The SMILES string of the molecule is CCCCCCc1cc(=O)oc2nc(OC3CC(COCc4ccccc4)C3)[nH]c(=O)c12. The van der Waals surface area contributed by atoms with Crippen LogP contribution in [0.5, 0.6) is 6.01 Å². The van der Waals surface area contributed by atoms with Crippen molar-refractivity contribution in [1.82, 2.24) is 9.97 Å². The molecular formula is C25H30N2O5. The second-order valence-corrected chi connectivity index (χ2v) is 8.53. The molecule has 2 aromatic heterocycles. The summed E-state index contributed by atoms with van der Waals surface area (Å²) in [6.07, 6.45) is 6.51. The summed E-state index contributed by atoms with van der Waals surface area (Å²) in [6, 6.07) is 11.6. The average Bonchev–Trinajstić information content (AvgIpc) is 2.75. The summed E-state index contributed by atoms with van der Waals surface area (Å²) in [5, 5.41) is 0.342. The Kier molecular flexibility index (Phi) is 7.37. The van der Waals surface area contributed by atoms with Crippen LogP contribution in [-0.2, 0) is 17.8 Å². The molecule has 32 heavy (non-hydrogen) atoms. The molecule has 0 aliphatic heterocycles. The number of nitrogens with zero attached hydrogens (tertiary/aromatic N) is 1. The van der Waals surface area contributed by atoms with Crippen molar-refractivity contribution in [2.45, 2.75) is 64.6 Å². The van der Waals surface area contributed by atoms with E-state index >= 15 is 0 Å². The average molecular weight is 439 g/mol. The van der Waals surface area contributed by atoms with Crippen molar-refractivity contribution >= 4 is 11.1 Å². The van der Waals surface area contributed by atoms with Crippen LogP contribution in [0.15, 0.2) is 50.4 Å². The zero-order chi connectivity index (χ0) is 22.3. The van der Waals surface area contributed by atoms with Crippen LogP contribution in [0.1, 0.15) is 56.6 Å². The minimum atomic E-state index is -0.494. The molecule has 2 heterocycles. The summed E-state index contributed by atoms with van der Waals surface area (Å²) >= 11 is 0. The number of hydrogen-bond donors (Lipinski definition) is 1. The van der Waals surface area contributed by atoms with Crippen LogP contribution >= 0.6 is 0 Å². The van der Waals surface area contributed by atoms with Crippen LogP contribution in [0.2, 0.25) is 0 Å². The number of ether oxygens (including phenoxy) is 2. The van der Waals surface area contributed by atoms with Gasteiger partial charge in [-0.3, -0.25) is 9.78 Å². The second-order valence-electron chi connectivity index (χ2n) is 8.53. The quantitative estimate of drug-likeness (QED) is 0.447. The Labute approximate surface area is 186 Å². The third-order valence-electron chi connectivity index (χ3n) is 5.91. The fourth-order valence-corrected chi connectivity index (χ4v) is 4.11. The van der Waals surface area contributed by atoms with Crippen LogP contribution in [0.3, 0.4) is 0 Å². The summed E-state index contributed by atoms with van der Waals surface area (Å²) in [6.45, 7) is 3.42. The highest BCUT2D eigenvalue weighted by molar-refractivity contribution is 5.75. The molecule has 0 bridgehead atoms. The Balaban J connectivity index is 1.33. The standard InChI is InChI=1S/C25H30N2O5/c1-2-3-4-8-11-19-14-21(28)32-24-22(19)23(29)26-25(27-24)31-20-12-18(13-20)16-30-15-17-9-6-5-7-10-17/h5-7,9-10,14,18,20H,2-4,8,11-13,15-16H2,1H3,(H,26,27,29). The molecule has 4 rings (SSSR count). The molecule has 3 aromatic rings. The number of nitrogens with one attached hydrogen (secondary N) is 1. The van der Waals surface area contributed by atoms with E-state index in [1.807, 2.05) is 30.3 Å². The van der Waals surface area contributed by atoms with Crippen molar-refractivity contribution in [2.75, 3.05) is 6.61 Å². The maximum atomic E-state index is 12.7. The molecule has 0 atom stereocenters. The smallest absolute Gasteiger partial charge is 0.337 e. The lowest BCUT2D eigenvalue weighted by Gasteiger charge is -2.34. The third-order valence-corrected chi connectivity index (χ3v) is 5.91. The molecule has 1 aliphatic rings. The van der Waals surface area contributed by atoms with E-state index in [0.29, 0.717) is 36.5 Å². The summed E-state index contributed by atoms with van der Waals surface area (Å²) in [7, 11) is 0. The number of aromatic amines is 1. The molecule has 0 radical (unpaired) electrons. The number of H-pyrrole nitrogens is 1. The lowest BCUT2D eigenvalue weighted by Crippen LogP contribution is -2.37. The molecule has 0 unspecified atom stereocenters. The first-order valence-electron chi connectivity index (χ1n) is 11.5. The normalized spacial score (nSPS) is 17.9. The molecular weight excluding hydrogens is 408 g/mol. The molecule has 1 aromatic carbocycles. The maximum Gasteiger partial charge on any atom is 0.337 e. The van der Waals surface area contributed by atoms with E-state index < -0.39 is 5.63 Å². The first-order valence-corrected chi connectivity index (χ1v) is 11.5.